The van der Waals surface area contributed by atoms with Gasteiger partial charge in [0.2, 0.25) is 0 Å². The van der Waals surface area contributed by atoms with Gasteiger partial charge in [-0.3, -0.25) is 0 Å². The van der Waals surface area contributed by atoms with Crippen molar-refractivity contribution in [1.82, 2.24) is 0 Å². The summed E-state index contributed by atoms with van der Waals surface area (Å²) in [6.45, 7) is 4.00. The van der Waals surface area contributed by atoms with Crippen molar-refractivity contribution in [3.63, 3.8) is 0 Å². The van der Waals surface area contributed by atoms with Crippen LogP contribution in [0.15, 0.2) is 163 Å². The van der Waals surface area contributed by atoms with Crippen LogP contribution < -0.4 is 15.1 Å². The third-order valence-corrected chi connectivity index (χ3v) is 11.2. The van der Waals surface area contributed by atoms with E-state index >= 15 is 0 Å². The van der Waals surface area contributed by atoms with Crippen LogP contribution in [0.2, 0.25) is 0 Å². The molecule has 6 aromatic carbocycles. The second kappa shape index (κ2) is 11.4. The molecular weight excluding hydrogens is 595 g/mol. The van der Waals surface area contributed by atoms with Crippen LogP contribution in [0.3, 0.4) is 0 Å². The lowest BCUT2D eigenvalue weighted by molar-refractivity contribution is 1.15. The van der Waals surface area contributed by atoms with Crippen LogP contribution >= 0.6 is 35.3 Å². The highest BCUT2D eigenvalue weighted by atomic mass is 32.2. The molecule has 0 aliphatic carbocycles. The van der Waals surface area contributed by atoms with Crippen LogP contribution in [0.5, 0.6) is 0 Å². The van der Waals surface area contributed by atoms with Crippen molar-refractivity contribution in [2.75, 3.05) is 15.1 Å². The summed E-state index contributed by atoms with van der Waals surface area (Å²) >= 11 is 5.52. The first-order valence-corrected chi connectivity index (χ1v) is 17.3. The zero-order chi connectivity index (χ0) is 29.6. The smallest absolute Gasteiger partial charge is 0.0601 e. The predicted octanol–water partition coefficient (Wildman–Crippen LogP) is 12.8. The van der Waals surface area contributed by atoms with E-state index in [0.717, 1.165) is 11.4 Å². The first-order valence-electron chi connectivity index (χ1n) is 14.9. The zero-order valence-electron chi connectivity index (χ0n) is 24.3. The van der Waals surface area contributed by atoms with Gasteiger partial charge in [0.15, 0.2) is 0 Å². The van der Waals surface area contributed by atoms with Gasteiger partial charge in [-0.2, -0.15) is 0 Å². The molecule has 0 saturated heterocycles. The largest absolute Gasteiger partial charge is 0.354 e. The average molecular weight is 624 g/mol. The highest BCUT2D eigenvalue weighted by Gasteiger charge is 2.28. The van der Waals surface area contributed by atoms with E-state index in [2.05, 4.69) is 149 Å². The quantitative estimate of drug-likeness (QED) is 0.205. The van der Waals surface area contributed by atoms with E-state index in [9.17, 15) is 0 Å². The number of anilines is 8. The fourth-order valence-electron chi connectivity index (χ4n) is 5.90. The van der Waals surface area contributed by atoms with E-state index in [1.807, 2.05) is 49.1 Å². The molecule has 0 spiro atoms. The van der Waals surface area contributed by atoms with Crippen LogP contribution in [-0.2, 0) is 0 Å². The SMILES string of the molecule is CC.c1ccc2c(c1)Sc1ccccc1N2c1ccc2c(c1)Sc1cc(N3c4ccccc4Sc4ccccc43)ccc1N2. The fraction of sp³-hybridized carbons (Fsp3) is 0.0526. The lowest BCUT2D eigenvalue weighted by atomic mass is 10.1. The van der Waals surface area contributed by atoms with Crippen molar-refractivity contribution in [3.8, 4) is 0 Å². The average Bonchev–Trinajstić information content (AvgIpc) is 3.09. The maximum atomic E-state index is 3.71. The van der Waals surface area contributed by atoms with E-state index in [1.54, 1.807) is 0 Å². The van der Waals surface area contributed by atoms with Gasteiger partial charge in [0.25, 0.3) is 0 Å². The van der Waals surface area contributed by atoms with Gasteiger partial charge in [0, 0.05) is 40.7 Å². The van der Waals surface area contributed by atoms with E-state index in [0.29, 0.717) is 0 Å². The first-order chi connectivity index (χ1) is 21.8. The minimum Gasteiger partial charge on any atom is -0.354 e. The lowest BCUT2D eigenvalue weighted by Gasteiger charge is -2.34. The van der Waals surface area contributed by atoms with Crippen molar-refractivity contribution in [2.45, 2.75) is 43.2 Å². The monoisotopic (exact) mass is 623 g/mol. The van der Waals surface area contributed by atoms with Gasteiger partial charge >= 0.3 is 0 Å². The van der Waals surface area contributed by atoms with Gasteiger partial charge in [-0.05, 0) is 84.9 Å². The van der Waals surface area contributed by atoms with E-state index in [-0.39, 0.29) is 0 Å². The summed E-state index contributed by atoms with van der Waals surface area (Å²) in [6, 6.07) is 48.3. The molecule has 0 atom stereocenters. The second-order valence-corrected chi connectivity index (χ2v) is 13.6. The van der Waals surface area contributed by atoms with Gasteiger partial charge in [0.05, 0.1) is 34.1 Å². The lowest BCUT2D eigenvalue weighted by Crippen LogP contribution is -2.15. The normalized spacial score (nSPS) is 13.5. The van der Waals surface area contributed by atoms with Crippen molar-refractivity contribution < 1.29 is 0 Å². The second-order valence-electron chi connectivity index (χ2n) is 10.3. The molecule has 3 aliphatic rings. The molecule has 6 heteroatoms. The Morgan fingerprint density at radius 3 is 1.07 bits per heavy atom. The standard InChI is InChI=1S/C36H23N3S3.C2H6/c1-5-13-31-27(9-1)38(28-10-2-6-14-32(28)40-31)23-17-19-25-35(21-23)42-36-22-24(18-20-26(36)37-25)39-29-11-3-7-15-33(29)41-34-16-8-4-12-30(34)39;1-2/h1-22,37H;1-2H3. The maximum Gasteiger partial charge on any atom is 0.0601 e. The molecule has 0 aromatic heterocycles. The van der Waals surface area contributed by atoms with Crippen molar-refractivity contribution >= 4 is 80.8 Å². The molecule has 0 amide bonds. The highest BCUT2D eigenvalue weighted by Crippen LogP contribution is 2.55. The number of fused-ring (bicyclic) bond motifs is 6. The van der Waals surface area contributed by atoms with Crippen molar-refractivity contribution in [1.29, 1.82) is 0 Å². The first kappa shape index (κ1) is 27.3. The van der Waals surface area contributed by atoms with Crippen LogP contribution in [0.4, 0.5) is 45.5 Å². The van der Waals surface area contributed by atoms with Gasteiger partial charge in [-0.15, -0.1) is 0 Å². The minimum atomic E-state index is 1.14. The Hall–Kier alpha value is -4.23. The Labute approximate surface area is 271 Å². The van der Waals surface area contributed by atoms with Crippen LogP contribution in [0.25, 0.3) is 0 Å². The summed E-state index contributed by atoms with van der Waals surface area (Å²) in [5, 5.41) is 3.71. The maximum absolute atomic E-state index is 3.71. The molecule has 44 heavy (non-hydrogen) atoms. The molecule has 0 unspecified atom stereocenters. The number of hydrogen-bond donors (Lipinski definition) is 1. The Bertz CT molecular complexity index is 1800. The Morgan fingerprint density at radius 2 is 0.705 bits per heavy atom. The van der Waals surface area contributed by atoms with Crippen LogP contribution in [-0.4, -0.2) is 0 Å². The molecule has 9 rings (SSSR count). The molecule has 6 aromatic rings. The summed E-state index contributed by atoms with van der Waals surface area (Å²) in [4.78, 5) is 12.3. The summed E-state index contributed by atoms with van der Waals surface area (Å²) in [5.41, 5.74) is 9.49. The Kier molecular flexibility index (Phi) is 7.06. The zero-order valence-corrected chi connectivity index (χ0v) is 26.8. The Balaban J connectivity index is 0.00000142. The number of para-hydroxylation sites is 4. The van der Waals surface area contributed by atoms with Crippen LogP contribution in [0, 0.1) is 0 Å². The van der Waals surface area contributed by atoms with E-state index in [4.69, 9.17) is 0 Å². The predicted molar refractivity (Wildman–Crippen MR) is 189 cm³/mol. The van der Waals surface area contributed by atoms with Crippen LogP contribution in [0.1, 0.15) is 13.8 Å². The topological polar surface area (TPSA) is 18.5 Å². The van der Waals surface area contributed by atoms with Gasteiger partial charge in [-0.1, -0.05) is 97.7 Å². The van der Waals surface area contributed by atoms with Crippen molar-refractivity contribution in [3.05, 3.63) is 133 Å². The number of nitrogens with zero attached hydrogens (tertiary/aromatic N) is 2. The third-order valence-electron chi connectivity index (χ3n) is 7.80. The fourth-order valence-corrected chi connectivity index (χ4v) is 9.07. The molecule has 0 radical (unpaired) electrons. The number of nitrogens with one attached hydrogen (secondary N) is 1. The molecule has 1 N–H and O–H groups in total. The molecule has 0 bridgehead atoms. The van der Waals surface area contributed by atoms with Gasteiger partial charge in [-0.25, -0.2) is 0 Å². The molecule has 3 aliphatic heterocycles. The molecular formula is C38H29N3S3. The molecule has 214 valence electrons. The van der Waals surface area contributed by atoms with E-state index < -0.39 is 0 Å². The van der Waals surface area contributed by atoms with Crippen molar-refractivity contribution in [2.24, 2.45) is 0 Å². The molecule has 3 nitrogen and oxygen atoms in total. The summed E-state index contributed by atoms with van der Waals surface area (Å²) in [7, 11) is 0. The van der Waals surface area contributed by atoms with Gasteiger partial charge in [0.1, 0.15) is 0 Å². The molecule has 0 fully saturated rings. The summed E-state index contributed by atoms with van der Waals surface area (Å²) < 4.78 is 0. The van der Waals surface area contributed by atoms with E-state index in [1.165, 1.54) is 63.5 Å². The molecule has 3 heterocycles. The molecule has 0 saturated carbocycles. The van der Waals surface area contributed by atoms with Gasteiger partial charge < -0.3 is 15.1 Å². The summed E-state index contributed by atoms with van der Waals surface area (Å²) in [6.07, 6.45) is 0. The number of hydrogen-bond acceptors (Lipinski definition) is 6. The Morgan fingerprint density at radius 1 is 0.386 bits per heavy atom. The minimum absolute atomic E-state index is 1.14. The number of rotatable bonds is 2. The number of benzene rings is 6. The summed E-state index contributed by atoms with van der Waals surface area (Å²) in [5.74, 6) is 0. The third kappa shape index (κ3) is 4.56. The highest BCUT2D eigenvalue weighted by molar-refractivity contribution is 8.00.